The summed E-state index contributed by atoms with van der Waals surface area (Å²) in [6.07, 6.45) is -13.1. The third-order valence-corrected chi connectivity index (χ3v) is 7.50. The Hall–Kier alpha value is -3.92. The number of alkyl halides is 8. The molecule has 1 saturated carbocycles. The molecule has 2 amide bonds. The second-order valence-electron chi connectivity index (χ2n) is 11.0. The molecule has 44 heavy (non-hydrogen) atoms. The van der Waals surface area contributed by atoms with Crippen LogP contribution in [-0.2, 0) is 11.3 Å². The number of carbonyl (C=O) groups excluding carboxylic acids is 2. The number of aromatic amines is 2. The molecule has 1 fully saturated rings. The number of benzene rings is 1. The summed E-state index contributed by atoms with van der Waals surface area (Å²) < 4.78 is 104. The first-order valence-electron chi connectivity index (χ1n) is 13.8. The summed E-state index contributed by atoms with van der Waals surface area (Å²) in [6.45, 7) is 0.848. The number of rotatable bonds is 10. The number of halogens is 8. The highest BCUT2D eigenvalue weighted by atomic mass is 19.4. The Morgan fingerprint density at radius 1 is 1.05 bits per heavy atom. The van der Waals surface area contributed by atoms with Gasteiger partial charge in [-0.05, 0) is 43.4 Å². The molecular weight excluding hydrogens is 608 g/mol. The van der Waals surface area contributed by atoms with E-state index in [1.54, 1.807) is 25.1 Å². The number of amides is 2. The van der Waals surface area contributed by atoms with Gasteiger partial charge in [0.05, 0.1) is 42.5 Å². The van der Waals surface area contributed by atoms with Gasteiger partial charge in [0.15, 0.2) is 0 Å². The number of hydrogen-bond acceptors (Lipinski definition) is 4. The SMILES string of the molecule is C[C@@H](NC(=O)CCC(F)(F)F)c1ccc2nc([C@@H](NC(=O)c3cc(=O)n(CCC(F)(F)F)[nH]3)C3CCC(F)(F)CC3)[nH]c2c1. The highest BCUT2D eigenvalue weighted by Crippen LogP contribution is 2.41. The molecule has 1 aliphatic rings. The fourth-order valence-corrected chi connectivity index (χ4v) is 5.10. The zero-order valence-corrected chi connectivity index (χ0v) is 23.3. The molecule has 1 aromatic carbocycles. The lowest BCUT2D eigenvalue weighted by molar-refractivity contribution is -0.144. The lowest BCUT2D eigenvalue weighted by Gasteiger charge is -2.33. The Kier molecular flexibility index (Phi) is 9.44. The van der Waals surface area contributed by atoms with E-state index in [4.69, 9.17) is 0 Å². The van der Waals surface area contributed by atoms with Gasteiger partial charge in [-0.25, -0.2) is 13.8 Å². The largest absolute Gasteiger partial charge is 0.390 e. The Morgan fingerprint density at radius 2 is 1.70 bits per heavy atom. The molecule has 0 aliphatic heterocycles. The van der Waals surface area contributed by atoms with Crippen molar-refractivity contribution in [1.29, 1.82) is 0 Å². The summed E-state index contributed by atoms with van der Waals surface area (Å²) in [6, 6.07) is 4.01. The first-order chi connectivity index (χ1) is 20.4. The van der Waals surface area contributed by atoms with E-state index >= 15 is 0 Å². The van der Waals surface area contributed by atoms with Crippen molar-refractivity contribution >= 4 is 22.8 Å². The third kappa shape index (κ3) is 8.81. The van der Waals surface area contributed by atoms with Crippen molar-refractivity contribution in [3.63, 3.8) is 0 Å². The van der Waals surface area contributed by atoms with Crippen molar-refractivity contribution in [2.45, 2.75) is 88.8 Å². The topological polar surface area (TPSA) is 125 Å². The van der Waals surface area contributed by atoms with Gasteiger partial charge >= 0.3 is 12.4 Å². The average molecular weight is 639 g/mol. The van der Waals surface area contributed by atoms with Crippen molar-refractivity contribution in [1.82, 2.24) is 30.4 Å². The van der Waals surface area contributed by atoms with Gasteiger partial charge in [0, 0.05) is 25.3 Å². The van der Waals surface area contributed by atoms with Gasteiger partial charge in [0.1, 0.15) is 11.5 Å². The first-order valence-corrected chi connectivity index (χ1v) is 13.8. The molecule has 3 aromatic rings. The number of carbonyl (C=O) groups is 2. The van der Waals surface area contributed by atoms with Crippen molar-refractivity contribution in [2.24, 2.45) is 5.92 Å². The van der Waals surface area contributed by atoms with E-state index in [2.05, 4.69) is 25.7 Å². The van der Waals surface area contributed by atoms with Gasteiger partial charge in [0.25, 0.3) is 11.5 Å². The maximum Gasteiger partial charge on any atom is 0.390 e. The number of fused-ring (bicyclic) bond motifs is 1. The fraction of sp³-hybridized carbons (Fsp3) is 0.556. The predicted molar refractivity (Wildman–Crippen MR) is 141 cm³/mol. The Morgan fingerprint density at radius 3 is 2.34 bits per heavy atom. The van der Waals surface area contributed by atoms with Crippen LogP contribution in [0.3, 0.4) is 0 Å². The van der Waals surface area contributed by atoms with E-state index in [1.807, 2.05) is 0 Å². The smallest absolute Gasteiger partial charge is 0.350 e. The molecule has 2 atom stereocenters. The van der Waals surface area contributed by atoms with E-state index in [9.17, 15) is 49.5 Å². The van der Waals surface area contributed by atoms with Gasteiger partial charge < -0.3 is 15.6 Å². The normalized spacial score (nSPS) is 17.4. The van der Waals surface area contributed by atoms with Crippen LogP contribution in [0.5, 0.6) is 0 Å². The first kappa shape index (κ1) is 33.0. The van der Waals surface area contributed by atoms with Crippen LogP contribution < -0.4 is 16.2 Å². The molecule has 4 rings (SSSR count). The summed E-state index contributed by atoms with van der Waals surface area (Å²) in [7, 11) is 0. The van der Waals surface area contributed by atoms with Gasteiger partial charge in [-0.3, -0.25) is 24.2 Å². The van der Waals surface area contributed by atoms with Crippen LogP contribution in [0.1, 0.15) is 85.8 Å². The molecule has 0 spiro atoms. The Labute approximate surface area is 244 Å². The van der Waals surface area contributed by atoms with Gasteiger partial charge in [0.2, 0.25) is 11.8 Å². The molecule has 0 radical (unpaired) electrons. The summed E-state index contributed by atoms with van der Waals surface area (Å²) in [4.78, 5) is 44.8. The standard InChI is InChI=1S/C27H30F8N6O3/c1-14(36-20(42)6-9-26(30,31)32)16-2-3-17-18(12-16)38-23(37-17)22(15-4-7-25(28,29)8-5-15)39-24(44)19-13-21(43)41(40-19)11-10-27(33,34)35/h2-3,12-15,22,40H,4-11H2,1H3,(H,36,42)(H,37,38)(H,39,44)/t14-,22+/m1/s1. The van der Waals surface area contributed by atoms with E-state index in [0.717, 1.165) is 6.07 Å². The number of hydrogen-bond donors (Lipinski definition) is 4. The molecule has 1 aliphatic carbocycles. The summed E-state index contributed by atoms with van der Waals surface area (Å²) in [5.41, 5.74) is 0.192. The molecule has 2 heterocycles. The van der Waals surface area contributed by atoms with Crippen molar-refractivity contribution in [2.75, 3.05) is 0 Å². The molecule has 4 N–H and O–H groups in total. The minimum Gasteiger partial charge on any atom is -0.350 e. The molecule has 17 heteroatoms. The second-order valence-corrected chi connectivity index (χ2v) is 11.0. The van der Waals surface area contributed by atoms with Crippen LogP contribution >= 0.6 is 0 Å². The average Bonchev–Trinajstić information content (AvgIpc) is 3.51. The number of H-pyrrole nitrogens is 2. The third-order valence-electron chi connectivity index (χ3n) is 7.50. The quantitative estimate of drug-likeness (QED) is 0.209. The monoisotopic (exact) mass is 638 g/mol. The highest BCUT2D eigenvalue weighted by Gasteiger charge is 2.40. The van der Waals surface area contributed by atoms with E-state index in [0.29, 0.717) is 21.3 Å². The maximum absolute atomic E-state index is 13.9. The van der Waals surface area contributed by atoms with Crippen LogP contribution in [0, 0.1) is 5.92 Å². The number of aromatic nitrogens is 4. The van der Waals surface area contributed by atoms with E-state index < -0.39 is 92.3 Å². The molecule has 9 nitrogen and oxygen atoms in total. The predicted octanol–water partition coefficient (Wildman–Crippen LogP) is 5.82. The van der Waals surface area contributed by atoms with Crippen LogP contribution in [0.25, 0.3) is 11.0 Å². The number of aryl methyl sites for hydroxylation is 1. The lowest BCUT2D eigenvalue weighted by atomic mass is 9.81. The lowest BCUT2D eigenvalue weighted by Crippen LogP contribution is -2.38. The number of imidazole rings is 1. The minimum atomic E-state index is -4.53. The zero-order chi connectivity index (χ0) is 32.4. The number of nitrogens with one attached hydrogen (secondary N) is 4. The Balaban J connectivity index is 1.55. The van der Waals surface area contributed by atoms with Gasteiger partial charge in [-0.1, -0.05) is 6.07 Å². The van der Waals surface area contributed by atoms with Crippen molar-refractivity contribution < 1.29 is 44.7 Å². The summed E-state index contributed by atoms with van der Waals surface area (Å²) >= 11 is 0. The van der Waals surface area contributed by atoms with Crippen LogP contribution in [0.2, 0.25) is 0 Å². The molecule has 0 bridgehead atoms. The van der Waals surface area contributed by atoms with Gasteiger partial charge in [-0.2, -0.15) is 26.3 Å². The molecule has 0 unspecified atom stereocenters. The molecule has 242 valence electrons. The van der Waals surface area contributed by atoms with E-state index in [-0.39, 0.29) is 24.4 Å². The Bertz CT molecular complexity index is 1530. The number of nitrogens with zero attached hydrogens (tertiary/aromatic N) is 2. The van der Waals surface area contributed by atoms with Crippen LogP contribution in [0.15, 0.2) is 29.1 Å². The maximum atomic E-state index is 13.9. The molecule has 0 saturated heterocycles. The minimum absolute atomic E-state index is 0.0182. The molecular formula is C27H30F8N6O3. The molecule has 2 aromatic heterocycles. The highest BCUT2D eigenvalue weighted by molar-refractivity contribution is 5.92. The summed E-state index contributed by atoms with van der Waals surface area (Å²) in [5, 5.41) is 7.52. The van der Waals surface area contributed by atoms with Crippen molar-refractivity contribution in [3.05, 3.63) is 51.7 Å². The van der Waals surface area contributed by atoms with Gasteiger partial charge in [-0.15, -0.1) is 0 Å². The second kappa shape index (κ2) is 12.6. The van der Waals surface area contributed by atoms with Crippen LogP contribution in [-0.4, -0.2) is 49.8 Å². The zero-order valence-electron chi connectivity index (χ0n) is 23.3. The van der Waals surface area contributed by atoms with Crippen molar-refractivity contribution in [3.8, 4) is 0 Å². The summed E-state index contributed by atoms with van der Waals surface area (Å²) in [5.74, 6) is -4.84. The fourth-order valence-electron chi connectivity index (χ4n) is 5.10. The van der Waals surface area contributed by atoms with Crippen LogP contribution in [0.4, 0.5) is 35.1 Å². The van der Waals surface area contributed by atoms with E-state index in [1.165, 1.54) is 0 Å².